The molecule has 0 fully saturated rings. The van der Waals surface area contributed by atoms with Crippen LogP contribution in [0.1, 0.15) is 0 Å². The molecule has 6 nitrogen and oxygen atoms in total. The maximum absolute atomic E-state index is 13.7. The first kappa shape index (κ1) is 13.0. The number of benzene rings is 1. The van der Waals surface area contributed by atoms with Crippen LogP contribution in [0.3, 0.4) is 0 Å². The first-order chi connectivity index (χ1) is 9.01. The second-order valence-electron chi connectivity index (χ2n) is 4.06. The fraction of sp³-hybridized carbons (Fsp3) is 0.250. The molecule has 0 saturated heterocycles. The molecule has 0 spiro atoms. The highest BCUT2D eigenvalue weighted by molar-refractivity contribution is 5.59. The van der Waals surface area contributed by atoms with Crippen molar-refractivity contribution in [2.24, 2.45) is 0 Å². The van der Waals surface area contributed by atoms with Gasteiger partial charge in [-0.3, -0.25) is 0 Å². The molecule has 2 N–H and O–H groups in total. The Hall–Kier alpha value is -2.44. The molecule has 100 valence electrons. The van der Waals surface area contributed by atoms with Crippen LogP contribution in [0.5, 0.6) is 5.75 Å². The fourth-order valence-electron chi connectivity index (χ4n) is 1.52. The van der Waals surface area contributed by atoms with E-state index in [0.29, 0.717) is 17.3 Å². The van der Waals surface area contributed by atoms with Crippen LogP contribution in [0.4, 0.5) is 16.3 Å². The molecule has 0 aliphatic rings. The molecule has 0 radical (unpaired) electrons. The summed E-state index contributed by atoms with van der Waals surface area (Å²) in [6.07, 6.45) is 0. The lowest BCUT2D eigenvalue weighted by Crippen LogP contribution is -2.15. The van der Waals surface area contributed by atoms with Crippen LogP contribution >= 0.6 is 0 Å². The first-order valence-electron chi connectivity index (χ1n) is 5.54. The standard InChI is InChI=1S/C12H14FN5O/c1-18(2)12-16-10(15-11(14)17-12)7-4-5-9(19-3)8(13)6-7/h4-6H,1-3H3,(H2,14,15,16,17). The molecule has 7 heteroatoms. The zero-order valence-corrected chi connectivity index (χ0v) is 10.9. The second kappa shape index (κ2) is 5.05. The lowest BCUT2D eigenvalue weighted by atomic mass is 10.2. The van der Waals surface area contributed by atoms with Gasteiger partial charge in [0, 0.05) is 19.7 Å². The minimum atomic E-state index is -0.481. The van der Waals surface area contributed by atoms with E-state index in [4.69, 9.17) is 10.5 Å². The van der Waals surface area contributed by atoms with E-state index in [2.05, 4.69) is 15.0 Å². The Balaban J connectivity index is 2.49. The number of hydrogen-bond acceptors (Lipinski definition) is 6. The number of nitrogens with two attached hydrogens (primary N) is 1. The number of hydrogen-bond donors (Lipinski definition) is 1. The highest BCUT2D eigenvalue weighted by Gasteiger charge is 2.11. The number of anilines is 2. The average molecular weight is 263 g/mol. The molecule has 0 amide bonds. The van der Waals surface area contributed by atoms with E-state index >= 15 is 0 Å². The molecule has 0 atom stereocenters. The van der Waals surface area contributed by atoms with Crippen LogP contribution in [0.2, 0.25) is 0 Å². The molecule has 1 aromatic heterocycles. The molecule has 0 aliphatic carbocycles. The number of nitrogens with zero attached hydrogens (tertiary/aromatic N) is 4. The van der Waals surface area contributed by atoms with Gasteiger partial charge in [0.05, 0.1) is 7.11 Å². The van der Waals surface area contributed by atoms with Crippen molar-refractivity contribution in [2.45, 2.75) is 0 Å². The van der Waals surface area contributed by atoms with Crippen LogP contribution in [0, 0.1) is 5.82 Å². The molecule has 2 rings (SSSR count). The van der Waals surface area contributed by atoms with Crippen LogP contribution in [0.15, 0.2) is 18.2 Å². The molecular formula is C12H14FN5O. The number of rotatable bonds is 3. The molecule has 1 aromatic carbocycles. The van der Waals surface area contributed by atoms with Gasteiger partial charge in [-0.15, -0.1) is 0 Å². The Kier molecular flexibility index (Phi) is 3.46. The van der Waals surface area contributed by atoms with Crippen LogP contribution in [-0.2, 0) is 0 Å². The van der Waals surface area contributed by atoms with Crippen LogP contribution in [-0.4, -0.2) is 36.2 Å². The molecule has 0 saturated carbocycles. The van der Waals surface area contributed by atoms with E-state index in [1.54, 1.807) is 25.1 Å². The Morgan fingerprint density at radius 2 is 1.95 bits per heavy atom. The Morgan fingerprint density at radius 1 is 1.21 bits per heavy atom. The fourth-order valence-corrected chi connectivity index (χ4v) is 1.52. The van der Waals surface area contributed by atoms with E-state index < -0.39 is 5.82 Å². The van der Waals surface area contributed by atoms with Gasteiger partial charge in [0.25, 0.3) is 0 Å². The molecule has 0 unspecified atom stereocenters. The van der Waals surface area contributed by atoms with Gasteiger partial charge in [-0.25, -0.2) is 4.39 Å². The van der Waals surface area contributed by atoms with E-state index in [1.165, 1.54) is 19.2 Å². The molecular weight excluding hydrogens is 249 g/mol. The van der Waals surface area contributed by atoms with Gasteiger partial charge in [-0.2, -0.15) is 15.0 Å². The summed E-state index contributed by atoms with van der Waals surface area (Å²) in [7, 11) is 4.98. The predicted molar refractivity (Wildman–Crippen MR) is 70.5 cm³/mol. The van der Waals surface area contributed by atoms with Crippen molar-refractivity contribution >= 4 is 11.9 Å². The molecule has 1 heterocycles. The lowest BCUT2D eigenvalue weighted by molar-refractivity contribution is 0.386. The summed E-state index contributed by atoms with van der Waals surface area (Å²) in [4.78, 5) is 13.9. The largest absolute Gasteiger partial charge is 0.494 e. The van der Waals surface area contributed by atoms with Gasteiger partial charge >= 0.3 is 0 Å². The highest BCUT2D eigenvalue weighted by Crippen LogP contribution is 2.24. The third-order valence-corrected chi connectivity index (χ3v) is 2.45. The highest BCUT2D eigenvalue weighted by atomic mass is 19.1. The Morgan fingerprint density at radius 3 is 2.53 bits per heavy atom. The smallest absolute Gasteiger partial charge is 0.230 e. The summed E-state index contributed by atoms with van der Waals surface area (Å²) in [5.41, 5.74) is 6.13. The summed E-state index contributed by atoms with van der Waals surface area (Å²) in [5.74, 6) is 0.505. The second-order valence-corrected chi connectivity index (χ2v) is 4.06. The van der Waals surface area contributed by atoms with Crippen molar-refractivity contribution in [3.05, 3.63) is 24.0 Å². The molecule has 19 heavy (non-hydrogen) atoms. The maximum atomic E-state index is 13.7. The summed E-state index contributed by atoms with van der Waals surface area (Å²) in [5, 5.41) is 0. The zero-order valence-electron chi connectivity index (χ0n) is 10.9. The van der Waals surface area contributed by atoms with Crippen LogP contribution < -0.4 is 15.4 Å². The lowest BCUT2D eigenvalue weighted by Gasteiger charge is -2.11. The average Bonchev–Trinajstić information content (AvgIpc) is 2.37. The topological polar surface area (TPSA) is 77.2 Å². The quantitative estimate of drug-likeness (QED) is 0.900. The first-order valence-corrected chi connectivity index (χ1v) is 5.54. The number of ether oxygens (including phenoxy) is 1. The SMILES string of the molecule is COc1ccc(-c2nc(N)nc(N(C)C)n2)cc1F. The maximum Gasteiger partial charge on any atom is 0.230 e. The van der Waals surface area contributed by atoms with E-state index in [9.17, 15) is 4.39 Å². The van der Waals surface area contributed by atoms with E-state index in [-0.39, 0.29) is 11.7 Å². The van der Waals surface area contributed by atoms with Gasteiger partial charge in [0.15, 0.2) is 17.4 Å². The number of nitrogen functional groups attached to an aromatic ring is 1. The number of aromatic nitrogens is 3. The summed E-state index contributed by atoms with van der Waals surface area (Å²) >= 11 is 0. The van der Waals surface area contributed by atoms with Gasteiger partial charge < -0.3 is 15.4 Å². The van der Waals surface area contributed by atoms with Crippen LogP contribution in [0.25, 0.3) is 11.4 Å². The van der Waals surface area contributed by atoms with E-state index in [0.717, 1.165) is 0 Å². The van der Waals surface area contributed by atoms with Crippen molar-refractivity contribution in [2.75, 3.05) is 31.8 Å². The number of halogens is 1. The van der Waals surface area contributed by atoms with Gasteiger partial charge in [0.1, 0.15) is 0 Å². The summed E-state index contributed by atoms with van der Waals surface area (Å²) in [6, 6.07) is 4.48. The third kappa shape index (κ3) is 2.70. The Labute approximate surface area is 110 Å². The van der Waals surface area contributed by atoms with Crippen molar-refractivity contribution in [3.63, 3.8) is 0 Å². The summed E-state index contributed by atoms with van der Waals surface area (Å²) < 4.78 is 18.5. The monoisotopic (exact) mass is 263 g/mol. The van der Waals surface area contributed by atoms with Crippen molar-refractivity contribution < 1.29 is 9.13 Å². The minimum absolute atomic E-state index is 0.0879. The zero-order chi connectivity index (χ0) is 14.0. The Bertz CT molecular complexity index is 603. The van der Waals surface area contributed by atoms with Crippen molar-refractivity contribution in [1.82, 2.24) is 15.0 Å². The van der Waals surface area contributed by atoms with Crippen molar-refractivity contribution in [1.29, 1.82) is 0 Å². The van der Waals surface area contributed by atoms with Crippen molar-refractivity contribution in [3.8, 4) is 17.1 Å². The molecule has 2 aromatic rings. The minimum Gasteiger partial charge on any atom is -0.494 e. The van der Waals surface area contributed by atoms with Gasteiger partial charge in [-0.1, -0.05) is 0 Å². The molecule has 0 bridgehead atoms. The van der Waals surface area contributed by atoms with E-state index in [1.807, 2.05) is 0 Å². The third-order valence-electron chi connectivity index (χ3n) is 2.45. The van der Waals surface area contributed by atoms with Gasteiger partial charge in [-0.05, 0) is 18.2 Å². The summed E-state index contributed by atoms with van der Waals surface area (Å²) in [6.45, 7) is 0. The number of methoxy groups -OCH3 is 1. The van der Waals surface area contributed by atoms with Gasteiger partial charge in [0.2, 0.25) is 11.9 Å². The normalized spacial score (nSPS) is 10.3. The molecule has 0 aliphatic heterocycles. The predicted octanol–water partition coefficient (Wildman–Crippen LogP) is 1.33.